The minimum Gasteiger partial charge on any atom is -0.449 e. The number of carbonyl (C=O) groups excluding carboxylic acids is 2. The first kappa shape index (κ1) is 18.2. The Morgan fingerprint density at radius 2 is 1.81 bits per heavy atom. The summed E-state index contributed by atoms with van der Waals surface area (Å²) in [7, 11) is 0. The maximum Gasteiger partial charge on any atom is 0.338 e. The van der Waals surface area contributed by atoms with Gasteiger partial charge in [0.1, 0.15) is 0 Å². The molecule has 3 rings (SSSR count). The number of hydrogen-bond acceptors (Lipinski definition) is 4. The third kappa shape index (κ3) is 4.12. The van der Waals surface area contributed by atoms with Crippen LogP contribution in [-0.2, 0) is 9.53 Å². The van der Waals surface area contributed by atoms with E-state index in [1.54, 1.807) is 12.1 Å². The SMILES string of the molecule is CC(OC(=O)c1ccc2ccccc2c1)C(=O)Nc1ncc(Cl)cc1Cl. The normalized spacial score (nSPS) is 11.8. The number of nitrogens with one attached hydrogen (secondary N) is 1. The lowest BCUT2D eigenvalue weighted by Gasteiger charge is -2.14. The van der Waals surface area contributed by atoms with Crippen LogP contribution in [0.4, 0.5) is 5.82 Å². The topological polar surface area (TPSA) is 68.3 Å². The number of nitrogens with zero attached hydrogens (tertiary/aromatic N) is 1. The minimum absolute atomic E-state index is 0.148. The van der Waals surface area contributed by atoms with E-state index < -0.39 is 18.0 Å². The molecule has 0 aliphatic carbocycles. The summed E-state index contributed by atoms with van der Waals surface area (Å²) in [5.74, 6) is -0.987. The van der Waals surface area contributed by atoms with Crippen LogP contribution in [0.15, 0.2) is 54.7 Å². The summed E-state index contributed by atoms with van der Waals surface area (Å²) in [6.45, 7) is 1.47. The van der Waals surface area contributed by atoms with E-state index in [9.17, 15) is 9.59 Å². The second-order valence-corrected chi connectivity index (χ2v) is 6.43. The first-order chi connectivity index (χ1) is 12.4. The quantitative estimate of drug-likeness (QED) is 0.656. The number of benzene rings is 2. The van der Waals surface area contributed by atoms with Gasteiger partial charge < -0.3 is 10.1 Å². The second kappa shape index (κ2) is 7.72. The monoisotopic (exact) mass is 388 g/mol. The molecule has 1 aromatic heterocycles. The number of anilines is 1. The minimum atomic E-state index is -1.03. The van der Waals surface area contributed by atoms with Crippen molar-refractivity contribution in [2.24, 2.45) is 0 Å². The highest BCUT2D eigenvalue weighted by Crippen LogP contribution is 2.23. The average Bonchev–Trinajstić information content (AvgIpc) is 2.63. The summed E-state index contributed by atoms with van der Waals surface area (Å²) < 4.78 is 5.24. The third-order valence-electron chi connectivity index (χ3n) is 3.69. The van der Waals surface area contributed by atoms with Crippen LogP contribution < -0.4 is 5.32 Å². The van der Waals surface area contributed by atoms with Crippen molar-refractivity contribution in [2.45, 2.75) is 13.0 Å². The van der Waals surface area contributed by atoms with Crippen LogP contribution in [0, 0.1) is 0 Å². The summed E-state index contributed by atoms with van der Waals surface area (Å²) in [4.78, 5) is 28.5. The molecular formula is C19H14Cl2N2O3. The first-order valence-corrected chi connectivity index (χ1v) is 8.51. The molecule has 2 aromatic carbocycles. The van der Waals surface area contributed by atoms with Crippen LogP contribution in [0.25, 0.3) is 10.8 Å². The molecule has 1 amide bonds. The van der Waals surface area contributed by atoms with Crippen LogP contribution in [0.3, 0.4) is 0 Å². The average molecular weight is 389 g/mol. The van der Waals surface area contributed by atoms with Gasteiger partial charge in [-0.3, -0.25) is 4.79 Å². The van der Waals surface area contributed by atoms with E-state index in [0.717, 1.165) is 10.8 Å². The number of ether oxygens (including phenoxy) is 1. The smallest absolute Gasteiger partial charge is 0.338 e. The molecule has 1 unspecified atom stereocenters. The van der Waals surface area contributed by atoms with Crippen LogP contribution in [0.2, 0.25) is 10.0 Å². The van der Waals surface area contributed by atoms with Gasteiger partial charge in [0, 0.05) is 6.20 Å². The molecule has 3 aromatic rings. The fourth-order valence-corrected chi connectivity index (χ4v) is 2.75. The fraction of sp³-hybridized carbons (Fsp3) is 0.105. The van der Waals surface area contributed by atoms with Gasteiger partial charge in [-0.25, -0.2) is 9.78 Å². The largest absolute Gasteiger partial charge is 0.449 e. The Balaban J connectivity index is 1.68. The number of aromatic nitrogens is 1. The van der Waals surface area contributed by atoms with Crippen molar-refractivity contribution in [3.05, 3.63) is 70.3 Å². The zero-order chi connectivity index (χ0) is 18.7. The number of halogens is 2. The Hall–Kier alpha value is -2.63. The van der Waals surface area contributed by atoms with Crippen molar-refractivity contribution in [3.8, 4) is 0 Å². The summed E-state index contributed by atoms with van der Waals surface area (Å²) in [5.41, 5.74) is 0.367. The Morgan fingerprint density at radius 1 is 1.08 bits per heavy atom. The maximum absolute atomic E-state index is 12.3. The third-order valence-corrected chi connectivity index (χ3v) is 4.18. The highest BCUT2D eigenvalue weighted by Gasteiger charge is 2.20. The van der Waals surface area contributed by atoms with Gasteiger partial charge in [-0.05, 0) is 35.9 Å². The van der Waals surface area contributed by atoms with Gasteiger partial charge in [-0.15, -0.1) is 0 Å². The molecule has 26 heavy (non-hydrogen) atoms. The summed E-state index contributed by atoms with van der Waals surface area (Å²) in [6, 6.07) is 14.3. The van der Waals surface area contributed by atoms with Gasteiger partial charge in [0.25, 0.3) is 5.91 Å². The molecule has 0 bridgehead atoms. The van der Waals surface area contributed by atoms with Crippen LogP contribution in [0.1, 0.15) is 17.3 Å². The summed E-state index contributed by atoms with van der Waals surface area (Å²) >= 11 is 11.7. The van der Waals surface area contributed by atoms with Gasteiger partial charge in [0.2, 0.25) is 0 Å². The van der Waals surface area contributed by atoms with E-state index in [4.69, 9.17) is 27.9 Å². The fourth-order valence-electron chi connectivity index (χ4n) is 2.32. The van der Waals surface area contributed by atoms with E-state index in [1.807, 2.05) is 30.3 Å². The van der Waals surface area contributed by atoms with E-state index >= 15 is 0 Å². The van der Waals surface area contributed by atoms with Crippen molar-refractivity contribution in [1.29, 1.82) is 0 Å². The summed E-state index contributed by atoms with van der Waals surface area (Å²) in [5, 5.41) is 4.98. The molecule has 0 aliphatic heterocycles. The highest BCUT2D eigenvalue weighted by molar-refractivity contribution is 6.36. The molecule has 0 radical (unpaired) electrons. The second-order valence-electron chi connectivity index (χ2n) is 5.58. The maximum atomic E-state index is 12.3. The Labute approximate surface area is 159 Å². The molecule has 1 atom stereocenters. The molecular weight excluding hydrogens is 375 g/mol. The molecule has 0 fully saturated rings. The number of carbonyl (C=O) groups is 2. The van der Waals surface area contributed by atoms with Crippen molar-refractivity contribution in [1.82, 2.24) is 4.98 Å². The van der Waals surface area contributed by atoms with Crippen molar-refractivity contribution >= 4 is 51.7 Å². The summed E-state index contributed by atoms with van der Waals surface area (Å²) in [6.07, 6.45) is 0.331. The van der Waals surface area contributed by atoms with Crippen LogP contribution in [-0.4, -0.2) is 23.0 Å². The van der Waals surface area contributed by atoms with E-state index in [-0.39, 0.29) is 10.8 Å². The molecule has 1 N–H and O–H groups in total. The predicted molar refractivity (Wildman–Crippen MR) is 102 cm³/mol. The van der Waals surface area contributed by atoms with Crippen LogP contribution >= 0.6 is 23.2 Å². The van der Waals surface area contributed by atoms with Crippen LogP contribution in [0.5, 0.6) is 0 Å². The van der Waals surface area contributed by atoms with Crippen molar-refractivity contribution in [3.63, 3.8) is 0 Å². The van der Waals surface area contributed by atoms with E-state index in [2.05, 4.69) is 10.3 Å². The Bertz CT molecular complexity index is 991. The number of pyridine rings is 1. The lowest BCUT2D eigenvalue weighted by atomic mass is 10.1. The molecule has 0 spiro atoms. The first-order valence-electron chi connectivity index (χ1n) is 7.76. The molecule has 7 heteroatoms. The Morgan fingerprint density at radius 3 is 2.54 bits per heavy atom. The number of hydrogen-bond donors (Lipinski definition) is 1. The highest BCUT2D eigenvalue weighted by atomic mass is 35.5. The number of fused-ring (bicyclic) bond motifs is 1. The standard InChI is InChI=1S/C19H14Cl2N2O3/c1-11(18(24)23-17-16(21)9-15(20)10-22-17)26-19(25)14-7-6-12-4-2-3-5-13(12)8-14/h2-11H,1H3,(H,22,23,24). The van der Waals surface area contributed by atoms with Crippen molar-refractivity contribution < 1.29 is 14.3 Å². The van der Waals surface area contributed by atoms with E-state index in [1.165, 1.54) is 19.2 Å². The molecule has 0 saturated carbocycles. The van der Waals surface area contributed by atoms with Gasteiger partial charge in [0.15, 0.2) is 11.9 Å². The lowest BCUT2D eigenvalue weighted by molar-refractivity contribution is -0.123. The lowest BCUT2D eigenvalue weighted by Crippen LogP contribution is -2.30. The van der Waals surface area contributed by atoms with Crippen molar-refractivity contribution in [2.75, 3.05) is 5.32 Å². The number of amides is 1. The molecule has 132 valence electrons. The molecule has 5 nitrogen and oxygen atoms in total. The van der Waals surface area contributed by atoms with E-state index in [0.29, 0.717) is 10.6 Å². The molecule has 0 saturated heterocycles. The number of esters is 1. The molecule has 1 heterocycles. The zero-order valence-electron chi connectivity index (χ0n) is 13.7. The van der Waals surface area contributed by atoms with Gasteiger partial charge in [-0.1, -0.05) is 53.5 Å². The number of rotatable bonds is 4. The van der Waals surface area contributed by atoms with Gasteiger partial charge >= 0.3 is 5.97 Å². The molecule has 0 aliphatic rings. The van der Waals surface area contributed by atoms with Gasteiger partial charge in [-0.2, -0.15) is 0 Å². The zero-order valence-corrected chi connectivity index (χ0v) is 15.2. The predicted octanol–water partition coefficient (Wildman–Crippen LogP) is 4.73. The Kier molecular flexibility index (Phi) is 5.40. The van der Waals surface area contributed by atoms with Gasteiger partial charge in [0.05, 0.1) is 15.6 Å².